The normalized spacial score (nSPS) is 12.0. The number of esters is 1. The third-order valence-corrected chi connectivity index (χ3v) is 3.60. The Morgan fingerprint density at radius 3 is 2.90 bits per heavy atom. The van der Waals surface area contributed by atoms with Crippen LogP contribution in [0.4, 0.5) is 0 Å². The van der Waals surface area contributed by atoms with E-state index in [0.29, 0.717) is 17.3 Å². The number of carbonyl (C=O) groups is 2. The highest BCUT2D eigenvalue weighted by atomic mass is 32.1. The number of rotatable bonds is 5. The fourth-order valence-corrected chi connectivity index (χ4v) is 2.41. The number of methoxy groups -OCH3 is 1. The van der Waals surface area contributed by atoms with Crippen molar-refractivity contribution < 1.29 is 18.7 Å². The van der Waals surface area contributed by atoms with E-state index in [2.05, 4.69) is 15.0 Å². The Bertz CT molecular complexity index is 633. The van der Waals surface area contributed by atoms with Crippen LogP contribution in [-0.4, -0.2) is 30.0 Å². The molecule has 0 saturated heterocycles. The van der Waals surface area contributed by atoms with E-state index in [1.54, 1.807) is 25.2 Å². The Kier molecular flexibility index (Phi) is 4.74. The molecule has 2 rings (SSSR count). The van der Waals surface area contributed by atoms with Crippen LogP contribution in [0.1, 0.15) is 18.4 Å². The topological polar surface area (TPSA) is 81.4 Å². The van der Waals surface area contributed by atoms with Gasteiger partial charge in [-0.15, -0.1) is 0 Å². The molecule has 6 nitrogen and oxygen atoms in total. The number of thiophene rings is 1. The molecule has 112 valence electrons. The number of carbonyl (C=O) groups excluding carboxylic acids is 2. The first kappa shape index (κ1) is 15.2. The number of nitrogens with zero attached hydrogens (tertiary/aromatic N) is 1. The van der Waals surface area contributed by atoms with Crippen LogP contribution in [0.3, 0.4) is 0 Å². The second kappa shape index (κ2) is 6.53. The predicted octanol–water partition coefficient (Wildman–Crippen LogP) is 1.93. The lowest BCUT2D eigenvalue weighted by Crippen LogP contribution is -2.40. The molecule has 7 heteroatoms. The first-order chi connectivity index (χ1) is 10.0. The van der Waals surface area contributed by atoms with Crippen LogP contribution in [0.15, 0.2) is 21.2 Å². The van der Waals surface area contributed by atoms with Crippen LogP contribution in [0, 0.1) is 6.92 Å². The number of nitrogens with one attached hydrogen (secondary N) is 1. The Balaban J connectivity index is 2.03. The van der Waals surface area contributed by atoms with Crippen LogP contribution in [0.5, 0.6) is 0 Å². The van der Waals surface area contributed by atoms with Gasteiger partial charge < -0.3 is 14.5 Å². The monoisotopic (exact) mass is 308 g/mol. The quantitative estimate of drug-likeness (QED) is 0.854. The van der Waals surface area contributed by atoms with Crippen molar-refractivity contribution in [2.24, 2.45) is 0 Å². The highest BCUT2D eigenvalue weighted by Crippen LogP contribution is 2.23. The molecule has 1 amide bonds. The lowest BCUT2D eigenvalue weighted by atomic mass is 10.2. The van der Waals surface area contributed by atoms with Crippen LogP contribution >= 0.6 is 11.3 Å². The molecule has 2 heterocycles. The van der Waals surface area contributed by atoms with Gasteiger partial charge in [-0.25, -0.2) is 9.78 Å². The van der Waals surface area contributed by atoms with Gasteiger partial charge in [-0.05, 0) is 25.3 Å². The van der Waals surface area contributed by atoms with E-state index in [1.807, 2.05) is 16.8 Å². The zero-order valence-corrected chi connectivity index (χ0v) is 12.8. The average molecular weight is 308 g/mol. The zero-order valence-electron chi connectivity index (χ0n) is 12.0. The lowest BCUT2D eigenvalue weighted by Gasteiger charge is -2.10. The molecule has 1 atom stereocenters. The lowest BCUT2D eigenvalue weighted by molar-refractivity contribution is -0.144. The molecule has 2 aromatic heterocycles. The molecule has 1 N–H and O–H groups in total. The van der Waals surface area contributed by atoms with Gasteiger partial charge in [-0.1, -0.05) is 0 Å². The van der Waals surface area contributed by atoms with Crippen molar-refractivity contribution in [2.45, 2.75) is 26.3 Å². The van der Waals surface area contributed by atoms with Crippen LogP contribution in [0.25, 0.3) is 11.5 Å². The van der Waals surface area contributed by atoms with E-state index in [1.165, 1.54) is 7.11 Å². The van der Waals surface area contributed by atoms with Gasteiger partial charge in [0.15, 0.2) is 0 Å². The number of aromatic nitrogens is 1. The molecule has 0 unspecified atom stereocenters. The Hall–Kier alpha value is -2.15. The Morgan fingerprint density at radius 2 is 2.29 bits per heavy atom. The van der Waals surface area contributed by atoms with Crippen LogP contribution in [0.2, 0.25) is 0 Å². The highest BCUT2D eigenvalue weighted by Gasteiger charge is 2.19. The number of ether oxygens (including phenoxy) is 1. The smallest absolute Gasteiger partial charge is 0.328 e. The average Bonchev–Trinajstić information content (AvgIpc) is 3.08. The van der Waals surface area contributed by atoms with Crippen molar-refractivity contribution in [3.8, 4) is 11.5 Å². The Labute approximate surface area is 126 Å². The standard InChI is InChI=1S/C14H16N2O4S/c1-8(14(18)19-3)15-12(17)6-11-9(2)20-13(16-11)10-4-5-21-7-10/h4-5,7-8H,6H2,1-3H3,(H,15,17)/t8-/m0/s1. The maximum Gasteiger partial charge on any atom is 0.328 e. The molecule has 21 heavy (non-hydrogen) atoms. The summed E-state index contributed by atoms with van der Waals surface area (Å²) < 4.78 is 10.1. The number of amides is 1. The van der Waals surface area contributed by atoms with Crippen LogP contribution < -0.4 is 5.32 Å². The summed E-state index contributed by atoms with van der Waals surface area (Å²) in [7, 11) is 1.28. The van der Waals surface area contributed by atoms with Crippen molar-refractivity contribution in [3.05, 3.63) is 28.3 Å². The van der Waals surface area contributed by atoms with Gasteiger partial charge in [-0.2, -0.15) is 11.3 Å². The third kappa shape index (κ3) is 3.69. The van der Waals surface area contributed by atoms with E-state index in [-0.39, 0.29) is 12.3 Å². The van der Waals surface area contributed by atoms with Crippen molar-refractivity contribution in [1.29, 1.82) is 0 Å². The molecule has 0 saturated carbocycles. The minimum atomic E-state index is -0.689. The fraction of sp³-hybridized carbons (Fsp3) is 0.357. The molecule has 0 fully saturated rings. The molecule has 0 aliphatic rings. The van der Waals surface area contributed by atoms with Gasteiger partial charge in [0.2, 0.25) is 11.8 Å². The van der Waals surface area contributed by atoms with Gasteiger partial charge in [-0.3, -0.25) is 4.79 Å². The summed E-state index contributed by atoms with van der Waals surface area (Å²) in [6.45, 7) is 3.32. The maximum absolute atomic E-state index is 11.9. The molecular formula is C14H16N2O4S. The van der Waals surface area contributed by atoms with Crippen LogP contribution in [-0.2, 0) is 20.7 Å². The molecule has 0 bridgehead atoms. The summed E-state index contributed by atoms with van der Waals surface area (Å²) in [4.78, 5) is 27.5. The van der Waals surface area contributed by atoms with E-state index in [9.17, 15) is 9.59 Å². The summed E-state index contributed by atoms with van der Waals surface area (Å²) >= 11 is 1.55. The molecular weight excluding hydrogens is 292 g/mol. The molecule has 0 aliphatic heterocycles. The first-order valence-electron chi connectivity index (χ1n) is 6.37. The summed E-state index contributed by atoms with van der Waals surface area (Å²) in [5.41, 5.74) is 1.45. The first-order valence-corrected chi connectivity index (χ1v) is 7.31. The third-order valence-electron chi connectivity index (χ3n) is 2.92. The number of oxazole rings is 1. The van der Waals surface area contributed by atoms with E-state index in [0.717, 1.165) is 5.56 Å². The molecule has 0 spiro atoms. The molecule has 0 radical (unpaired) electrons. The van der Waals surface area contributed by atoms with Crippen molar-refractivity contribution in [1.82, 2.24) is 10.3 Å². The molecule has 0 aliphatic carbocycles. The highest BCUT2D eigenvalue weighted by molar-refractivity contribution is 7.08. The number of aryl methyl sites for hydroxylation is 1. The number of hydrogen-bond donors (Lipinski definition) is 1. The summed E-state index contributed by atoms with van der Waals surface area (Å²) in [6, 6.07) is 1.21. The van der Waals surface area contributed by atoms with Crippen molar-refractivity contribution in [3.63, 3.8) is 0 Å². The summed E-state index contributed by atoms with van der Waals surface area (Å²) in [5.74, 6) is 0.301. The van der Waals surface area contributed by atoms with Gasteiger partial charge >= 0.3 is 5.97 Å². The second-order valence-corrected chi connectivity index (χ2v) is 5.30. The minimum absolute atomic E-state index is 0.0564. The van der Waals surface area contributed by atoms with Gasteiger partial charge in [0, 0.05) is 10.9 Å². The van der Waals surface area contributed by atoms with Gasteiger partial charge in [0.05, 0.1) is 19.2 Å². The van der Waals surface area contributed by atoms with Crippen molar-refractivity contribution >= 4 is 23.2 Å². The predicted molar refractivity (Wildman–Crippen MR) is 77.9 cm³/mol. The van der Waals surface area contributed by atoms with E-state index >= 15 is 0 Å². The minimum Gasteiger partial charge on any atom is -0.467 e. The SMILES string of the molecule is COC(=O)[C@H](C)NC(=O)Cc1nc(-c2ccsc2)oc1C. The van der Waals surface area contributed by atoms with E-state index < -0.39 is 12.0 Å². The maximum atomic E-state index is 11.9. The largest absolute Gasteiger partial charge is 0.467 e. The van der Waals surface area contributed by atoms with E-state index in [4.69, 9.17) is 4.42 Å². The molecule has 0 aromatic carbocycles. The zero-order chi connectivity index (χ0) is 15.4. The van der Waals surface area contributed by atoms with Crippen molar-refractivity contribution in [2.75, 3.05) is 7.11 Å². The Morgan fingerprint density at radius 1 is 1.52 bits per heavy atom. The summed E-state index contributed by atoms with van der Waals surface area (Å²) in [6.07, 6.45) is 0.0564. The summed E-state index contributed by atoms with van der Waals surface area (Å²) in [5, 5.41) is 6.41. The number of hydrogen-bond acceptors (Lipinski definition) is 6. The second-order valence-electron chi connectivity index (χ2n) is 4.52. The fourth-order valence-electron chi connectivity index (χ4n) is 1.78. The molecule has 2 aromatic rings. The van der Waals surface area contributed by atoms with Gasteiger partial charge in [0.1, 0.15) is 11.8 Å². The van der Waals surface area contributed by atoms with Gasteiger partial charge in [0.25, 0.3) is 0 Å².